The summed E-state index contributed by atoms with van der Waals surface area (Å²) in [5.74, 6) is -0.743. The predicted octanol–water partition coefficient (Wildman–Crippen LogP) is 3.73. The summed E-state index contributed by atoms with van der Waals surface area (Å²) in [6, 6.07) is 13.0. The van der Waals surface area contributed by atoms with Crippen molar-refractivity contribution >= 4 is 29.1 Å². The summed E-state index contributed by atoms with van der Waals surface area (Å²) in [7, 11) is 0. The van der Waals surface area contributed by atoms with Crippen LogP contribution in [0, 0.1) is 5.82 Å². The fraction of sp³-hybridized carbons (Fsp3) is 0.158. The summed E-state index contributed by atoms with van der Waals surface area (Å²) in [6.07, 6.45) is 1.40. The number of carbonyl (C=O) groups is 2. The third kappa shape index (κ3) is 4.40. The molecule has 0 aliphatic carbocycles. The quantitative estimate of drug-likeness (QED) is 0.518. The normalized spacial score (nSPS) is 11.8. The monoisotopic (exact) mass is 384 g/mol. The third-order valence-corrected chi connectivity index (χ3v) is 4.87. The summed E-state index contributed by atoms with van der Waals surface area (Å²) in [5.41, 5.74) is 1.37. The molecular formula is C19H17FN4O2S. The number of amides is 1. The number of hydrogen-bond acceptors (Lipinski definition) is 5. The Morgan fingerprint density at radius 1 is 1.19 bits per heavy atom. The second-order valence-corrected chi connectivity index (χ2v) is 7.13. The largest absolute Gasteiger partial charge is 0.325 e. The maximum atomic E-state index is 14.0. The first-order chi connectivity index (χ1) is 13.0. The average Bonchev–Trinajstić information content (AvgIpc) is 3.10. The maximum Gasteiger partial charge on any atom is 0.237 e. The number of hydrogen-bond donors (Lipinski definition) is 1. The molecule has 8 heteroatoms. The van der Waals surface area contributed by atoms with Gasteiger partial charge in [0.2, 0.25) is 5.91 Å². The smallest absolute Gasteiger partial charge is 0.237 e. The zero-order valence-electron chi connectivity index (χ0n) is 14.7. The minimum atomic E-state index is -0.513. The summed E-state index contributed by atoms with van der Waals surface area (Å²) in [4.78, 5) is 23.9. The van der Waals surface area contributed by atoms with Crippen molar-refractivity contribution in [2.24, 2.45) is 0 Å². The van der Waals surface area contributed by atoms with Crippen molar-refractivity contribution in [3.05, 3.63) is 66.2 Å². The number of anilines is 1. The van der Waals surface area contributed by atoms with E-state index >= 15 is 0 Å². The van der Waals surface area contributed by atoms with Crippen LogP contribution in [0.2, 0.25) is 0 Å². The van der Waals surface area contributed by atoms with E-state index in [-0.39, 0.29) is 11.7 Å². The number of halogens is 1. The Morgan fingerprint density at radius 2 is 1.96 bits per heavy atom. The number of ketones is 1. The molecule has 6 nitrogen and oxygen atoms in total. The van der Waals surface area contributed by atoms with Crippen molar-refractivity contribution in [3.8, 4) is 5.69 Å². The Labute approximate surface area is 159 Å². The Balaban J connectivity index is 1.73. The van der Waals surface area contributed by atoms with Crippen molar-refractivity contribution in [2.75, 3.05) is 5.32 Å². The molecule has 1 aromatic heterocycles. The van der Waals surface area contributed by atoms with Crippen LogP contribution in [0.1, 0.15) is 24.2 Å². The standard InChI is InChI=1S/C19H17FN4O2S/c1-12(25)14-6-5-7-15(10-14)22-18(26)13(2)27-19-23-21-11-24(19)17-9-4-3-8-16(17)20/h3-11,13H,1-2H3,(H,22,26). The van der Waals surface area contributed by atoms with Gasteiger partial charge in [-0.2, -0.15) is 0 Å². The van der Waals surface area contributed by atoms with Crippen molar-refractivity contribution in [1.29, 1.82) is 0 Å². The van der Waals surface area contributed by atoms with Crippen LogP contribution in [0.3, 0.4) is 0 Å². The van der Waals surface area contributed by atoms with Crippen LogP contribution in [0.5, 0.6) is 0 Å². The second-order valence-electron chi connectivity index (χ2n) is 5.82. The van der Waals surface area contributed by atoms with Gasteiger partial charge < -0.3 is 5.32 Å². The number of rotatable bonds is 6. The highest BCUT2D eigenvalue weighted by Gasteiger charge is 2.19. The van der Waals surface area contributed by atoms with Crippen molar-refractivity contribution in [2.45, 2.75) is 24.3 Å². The summed E-state index contributed by atoms with van der Waals surface area (Å²) in [6.45, 7) is 3.18. The second kappa shape index (κ2) is 8.13. The first-order valence-corrected chi connectivity index (χ1v) is 9.07. The van der Waals surface area contributed by atoms with Crippen LogP contribution in [0.25, 0.3) is 5.69 Å². The summed E-state index contributed by atoms with van der Waals surface area (Å²) >= 11 is 1.16. The highest BCUT2D eigenvalue weighted by Crippen LogP contribution is 2.26. The lowest BCUT2D eigenvalue weighted by molar-refractivity contribution is -0.115. The molecule has 1 heterocycles. The Kier molecular flexibility index (Phi) is 5.66. The number of carbonyl (C=O) groups excluding carboxylic acids is 2. The van der Waals surface area contributed by atoms with Crippen LogP contribution < -0.4 is 5.32 Å². The van der Waals surface area contributed by atoms with Crippen LogP contribution in [0.4, 0.5) is 10.1 Å². The van der Waals surface area contributed by atoms with Crippen LogP contribution in [-0.4, -0.2) is 31.7 Å². The third-order valence-electron chi connectivity index (χ3n) is 3.82. The molecule has 0 bridgehead atoms. The number of Topliss-reactive ketones (excluding diaryl/α,β-unsaturated/α-hetero) is 1. The number of aromatic nitrogens is 3. The van der Waals surface area contributed by atoms with Gasteiger partial charge in [-0.1, -0.05) is 36.0 Å². The van der Waals surface area contributed by atoms with E-state index in [1.165, 1.54) is 23.9 Å². The molecule has 1 unspecified atom stereocenters. The van der Waals surface area contributed by atoms with E-state index in [0.29, 0.717) is 22.1 Å². The molecule has 138 valence electrons. The number of para-hydroxylation sites is 1. The SMILES string of the molecule is CC(=O)c1cccc(NC(=O)C(C)Sc2nncn2-c2ccccc2F)c1. The lowest BCUT2D eigenvalue weighted by Gasteiger charge is -2.13. The first-order valence-electron chi connectivity index (χ1n) is 8.19. The van der Waals surface area contributed by atoms with E-state index in [9.17, 15) is 14.0 Å². The van der Waals surface area contributed by atoms with Gasteiger partial charge in [-0.25, -0.2) is 4.39 Å². The Hall–Kier alpha value is -3.00. The van der Waals surface area contributed by atoms with Gasteiger partial charge in [-0.05, 0) is 38.1 Å². The Bertz CT molecular complexity index is 989. The van der Waals surface area contributed by atoms with Crippen molar-refractivity contribution < 1.29 is 14.0 Å². The molecule has 0 aliphatic rings. The number of nitrogens with zero attached hydrogens (tertiary/aromatic N) is 3. The lowest BCUT2D eigenvalue weighted by atomic mass is 10.1. The molecule has 0 saturated carbocycles. The van der Waals surface area contributed by atoms with E-state index in [4.69, 9.17) is 0 Å². The topological polar surface area (TPSA) is 76.9 Å². The number of thioether (sulfide) groups is 1. The van der Waals surface area contributed by atoms with Gasteiger partial charge in [0.05, 0.1) is 10.9 Å². The van der Waals surface area contributed by atoms with E-state index in [2.05, 4.69) is 15.5 Å². The van der Waals surface area contributed by atoms with Gasteiger partial charge in [0.1, 0.15) is 12.1 Å². The minimum absolute atomic E-state index is 0.0773. The van der Waals surface area contributed by atoms with Gasteiger partial charge in [0, 0.05) is 11.3 Å². The highest BCUT2D eigenvalue weighted by molar-refractivity contribution is 8.00. The molecule has 0 fully saturated rings. The molecular weight excluding hydrogens is 367 g/mol. The van der Waals surface area contributed by atoms with Crippen molar-refractivity contribution in [3.63, 3.8) is 0 Å². The molecule has 3 rings (SSSR count). The van der Waals surface area contributed by atoms with Gasteiger partial charge in [-0.15, -0.1) is 10.2 Å². The average molecular weight is 384 g/mol. The molecule has 2 aromatic carbocycles. The molecule has 27 heavy (non-hydrogen) atoms. The van der Waals surface area contributed by atoms with Crippen LogP contribution in [-0.2, 0) is 4.79 Å². The van der Waals surface area contributed by atoms with E-state index in [1.807, 2.05) is 0 Å². The van der Waals surface area contributed by atoms with Crippen molar-refractivity contribution in [1.82, 2.24) is 14.8 Å². The van der Waals surface area contributed by atoms with Crippen LogP contribution >= 0.6 is 11.8 Å². The lowest BCUT2D eigenvalue weighted by Crippen LogP contribution is -2.23. The minimum Gasteiger partial charge on any atom is -0.325 e. The molecule has 1 atom stereocenters. The molecule has 0 spiro atoms. The van der Waals surface area contributed by atoms with E-state index in [1.54, 1.807) is 49.4 Å². The predicted molar refractivity (Wildman–Crippen MR) is 102 cm³/mol. The van der Waals surface area contributed by atoms with Crippen LogP contribution in [0.15, 0.2) is 60.0 Å². The van der Waals surface area contributed by atoms with Gasteiger partial charge >= 0.3 is 0 Å². The van der Waals surface area contributed by atoms with Gasteiger partial charge in [0.25, 0.3) is 0 Å². The number of nitrogens with one attached hydrogen (secondary N) is 1. The Morgan fingerprint density at radius 3 is 2.70 bits per heavy atom. The first kappa shape index (κ1) is 18.8. The molecule has 0 aliphatic heterocycles. The summed E-state index contributed by atoms with van der Waals surface area (Å²) in [5, 5.41) is 10.5. The van der Waals surface area contributed by atoms with E-state index in [0.717, 1.165) is 11.8 Å². The molecule has 1 amide bonds. The molecule has 3 aromatic rings. The fourth-order valence-corrected chi connectivity index (χ4v) is 3.22. The van der Waals surface area contributed by atoms with Gasteiger partial charge in [0.15, 0.2) is 10.9 Å². The molecule has 0 saturated heterocycles. The zero-order chi connectivity index (χ0) is 19.4. The maximum absolute atomic E-state index is 14.0. The molecule has 1 N–H and O–H groups in total. The van der Waals surface area contributed by atoms with E-state index < -0.39 is 11.1 Å². The summed E-state index contributed by atoms with van der Waals surface area (Å²) < 4.78 is 15.5. The number of benzene rings is 2. The fourth-order valence-electron chi connectivity index (χ4n) is 2.39. The zero-order valence-corrected chi connectivity index (χ0v) is 15.5. The highest BCUT2D eigenvalue weighted by atomic mass is 32.2. The molecule has 0 radical (unpaired) electrons. The van der Waals surface area contributed by atoms with Gasteiger partial charge in [-0.3, -0.25) is 14.2 Å².